The van der Waals surface area contributed by atoms with Crippen LogP contribution in [-0.2, 0) is 11.3 Å². The molecule has 132 valence electrons. The van der Waals surface area contributed by atoms with Crippen molar-refractivity contribution in [2.45, 2.75) is 38.8 Å². The van der Waals surface area contributed by atoms with Crippen molar-refractivity contribution in [1.29, 1.82) is 0 Å². The highest BCUT2D eigenvalue weighted by atomic mass is 35.5. The number of hydrogen-bond donors (Lipinski definition) is 2. The highest BCUT2D eigenvalue weighted by Gasteiger charge is 2.44. The molecule has 0 aliphatic carbocycles. The molecule has 8 heteroatoms. The van der Waals surface area contributed by atoms with Gasteiger partial charge in [-0.15, -0.1) is 24.8 Å². The Balaban J connectivity index is 0.00000132. The number of aliphatic hydroxyl groups is 1. The molecule has 1 aromatic heterocycles. The van der Waals surface area contributed by atoms with Gasteiger partial charge in [-0.1, -0.05) is 0 Å². The summed E-state index contributed by atoms with van der Waals surface area (Å²) >= 11 is 0. The van der Waals surface area contributed by atoms with E-state index in [1.54, 1.807) is 6.20 Å². The molecule has 0 unspecified atom stereocenters. The van der Waals surface area contributed by atoms with Crippen molar-refractivity contribution < 1.29 is 9.90 Å². The molecule has 2 fully saturated rings. The third-order valence-electron chi connectivity index (χ3n) is 5.16. The van der Waals surface area contributed by atoms with Gasteiger partial charge in [-0.25, -0.2) is 4.98 Å². The zero-order chi connectivity index (χ0) is 14.9. The number of amides is 1. The summed E-state index contributed by atoms with van der Waals surface area (Å²) in [4.78, 5) is 18.6. The van der Waals surface area contributed by atoms with Crippen LogP contribution in [0.15, 0.2) is 12.4 Å². The quantitative estimate of drug-likeness (QED) is 0.839. The summed E-state index contributed by atoms with van der Waals surface area (Å²) in [6.07, 6.45) is 6.62. The minimum Gasteiger partial charge on any atom is -0.396 e. The Morgan fingerprint density at radius 2 is 2.26 bits per heavy atom. The zero-order valence-electron chi connectivity index (χ0n) is 13.4. The van der Waals surface area contributed by atoms with E-state index in [9.17, 15) is 9.90 Å². The zero-order valence-corrected chi connectivity index (χ0v) is 15.0. The van der Waals surface area contributed by atoms with Crippen LogP contribution in [0.1, 0.15) is 25.1 Å². The molecular formula is C15H26Cl2N4O2. The summed E-state index contributed by atoms with van der Waals surface area (Å²) in [5.41, 5.74) is -0.0278. The molecule has 2 aliphatic rings. The maximum atomic E-state index is 12.5. The smallest absolute Gasteiger partial charge is 0.242 e. The van der Waals surface area contributed by atoms with E-state index >= 15 is 0 Å². The first-order valence-electron chi connectivity index (χ1n) is 7.74. The lowest BCUT2D eigenvalue weighted by Gasteiger charge is -2.50. The molecule has 2 N–H and O–H groups in total. The van der Waals surface area contributed by atoms with Crippen LogP contribution >= 0.6 is 24.8 Å². The van der Waals surface area contributed by atoms with Crippen LogP contribution in [0, 0.1) is 12.3 Å². The van der Waals surface area contributed by atoms with E-state index in [4.69, 9.17) is 0 Å². The summed E-state index contributed by atoms with van der Waals surface area (Å²) in [5, 5.41) is 13.3. The summed E-state index contributed by atoms with van der Waals surface area (Å²) in [7, 11) is 0. The van der Waals surface area contributed by atoms with Crippen molar-refractivity contribution in [2.75, 3.05) is 26.2 Å². The van der Waals surface area contributed by atoms with Gasteiger partial charge in [-0.3, -0.25) is 4.79 Å². The van der Waals surface area contributed by atoms with Crippen molar-refractivity contribution in [2.24, 2.45) is 5.41 Å². The number of nitrogens with zero attached hydrogens (tertiary/aromatic N) is 3. The van der Waals surface area contributed by atoms with Crippen molar-refractivity contribution in [1.82, 2.24) is 19.8 Å². The minimum absolute atomic E-state index is 0. The Bertz CT molecular complexity index is 525. The standard InChI is InChI=1S/C15H24N4O2.2ClH/c1-12-16-6-8-18(12)10-14(21)19-7-4-15(11-20)3-2-5-17-13(15)9-19;;/h6,8,13,17,20H,2-5,7,9-11H2,1H3;2*1H/t13-,15-;;/m1../s1. The number of fused-ring (bicyclic) bond motifs is 1. The fraction of sp³-hybridized carbons (Fsp3) is 0.733. The van der Waals surface area contributed by atoms with E-state index in [0.29, 0.717) is 13.1 Å². The molecular weight excluding hydrogens is 339 g/mol. The molecule has 23 heavy (non-hydrogen) atoms. The summed E-state index contributed by atoms with van der Waals surface area (Å²) in [6, 6.07) is 0.220. The highest BCUT2D eigenvalue weighted by molar-refractivity contribution is 5.85. The Labute approximate surface area is 149 Å². The van der Waals surface area contributed by atoms with Crippen molar-refractivity contribution in [3.63, 3.8) is 0 Å². The number of carbonyl (C=O) groups excluding carboxylic acids is 1. The summed E-state index contributed by atoms with van der Waals surface area (Å²) in [6.45, 7) is 4.90. The van der Waals surface area contributed by atoms with Gasteiger partial charge in [-0.2, -0.15) is 0 Å². The molecule has 0 spiro atoms. The largest absolute Gasteiger partial charge is 0.396 e. The molecule has 0 saturated carbocycles. The molecule has 0 radical (unpaired) electrons. The van der Waals surface area contributed by atoms with Gasteiger partial charge in [-0.05, 0) is 32.7 Å². The van der Waals surface area contributed by atoms with Crippen LogP contribution < -0.4 is 5.32 Å². The molecule has 2 atom stereocenters. The molecule has 1 aromatic rings. The second-order valence-electron chi connectivity index (χ2n) is 6.32. The number of rotatable bonds is 3. The van der Waals surface area contributed by atoms with Gasteiger partial charge in [0.05, 0.1) is 6.61 Å². The lowest BCUT2D eigenvalue weighted by Crippen LogP contribution is -2.62. The lowest BCUT2D eigenvalue weighted by atomic mass is 9.70. The van der Waals surface area contributed by atoms with E-state index in [2.05, 4.69) is 10.3 Å². The second kappa shape index (κ2) is 8.33. The fourth-order valence-corrected chi connectivity index (χ4v) is 3.65. The maximum Gasteiger partial charge on any atom is 0.242 e. The number of hydrogen-bond acceptors (Lipinski definition) is 4. The van der Waals surface area contributed by atoms with Crippen LogP contribution in [0.5, 0.6) is 0 Å². The SMILES string of the molecule is Cc1nccn1CC(=O)N1CC[C@@]2(CO)CCCN[C@@H]2C1.Cl.Cl. The monoisotopic (exact) mass is 364 g/mol. The van der Waals surface area contributed by atoms with E-state index in [0.717, 1.165) is 38.2 Å². The van der Waals surface area contributed by atoms with Crippen molar-refractivity contribution in [3.05, 3.63) is 18.2 Å². The number of likely N-dealkylation sites (tertiary alicyclic amines) is 1. The van der Waals surface area contributed by atoms with E-state index in [-0.39, 0.29) is 48.8 Å². The number of aryl methyl sites for hydroxylation is 1. The molecule has 1 amide bonds. The number of aromatic nitrogens is 2. The first-order valence-corrected chi connectivity index (χ1v) is 7.74. The fourth-order valence-electron chi connectivity index (χ4n) is 3.65. The molecule has 0 bridgehead atoms. The number of imidazole rings is 1. The number of aliphatic hydroxyl groups excluding tert-OH is 1. The third kappa shape index (κ3) is 3.99. The van der Waals surface area contributed by atoms with Gasteiger partial charge in [0.2, 0.25) is 5.91 Å². The summed E-state index contributed by atoms with van der Waals surface area (Å²) < 4.78 is 1.88. The average Bonchev–Trinajstić information content (AvgIpc) is 2.91. The maximum absolute atomic E-state index is 12.5. The highest BCUT2D eigenvalue weighted by Crippen LogP contribution is 2.38. The van der Waals surface area contributed by atoms with Gasteiger partial charge in [0.1, 0.15) is 12.4 Å². The molecule has 6 nitrogen and oxygen atoms in total. The van der Waals surface area contributed by atoms with Gasteiger partial charge in [0.25, 0.3) is 0 Å². The number of halogens is 2. The number of piperidine rings is 2. The first kappa shape index (κ1) is 20.2. The van der Waals surface area contributed by atoms with E-state index in [1.807, 2.05) is 22.6 Å². The predicted octanol–water partition coefficient (Wildman–Crippen LogP) is 0.998. The van der Waals surface area contributed by atoms with E-state index in [1.165, 1.54) is 0 Å². The number of nitrogens with one attached hydrogen (secondary N) is 1. The van der Waals surface area contributed by atoms with Crippen LogP contribution in [0.4, 0.5) is 0 Å². The van der Waals surface area contributed by atoms with Gasteiger partial charge in [0.15, 0.2) is 0 Å². The molecule has 3 rings (SSSR count). The molecule has 2 saturated heterocycles. The normalized spacial score (nSPS) is 26.7. The van der Waals surface area contributed by atoms with Crippen molar-refractivity contribution in [3.8, 4) is 0 Å². The second-order valence-corrected chi connectivity index (χ2v) is 6.32. The topological polar surface area (TPSA) is 70.4 Å². The van der Waals surface area contributed by atoms with Crippen LogP contribution in [-0.4, -0.2) is 57.7 Å². The molecule has 2 aliphatic heterocycles. The lowest BCUT2D eigenvalue weighted by molar-refractivity contribution is -0.136. The van der Waals surface area contributed by atoms with Gasteiger partial charge < -0.3 is 19.9 Å². The minimum atomic E-state index is -0.0278. The van der Waals surface area contributed by atoms with Crippen LogP contribution in [0.25, 0.3) is 0 Å². The number of carbonyl (C=O) groups is 1. The van der Waals surface area contributed by atoms with Gasteiger partial charge >= 0.3 is 0 Å². The predicted molar refractivity (Wildman–Crippen MR) is 93.2 cm³/mol. The Kier molecular flexibility index (Phi) is 7.32. The Hall–Kier alpha value is -0.820. The third-order valence-corrected chi connectivity index (χ3v) is 5.16. The van der Waals surface area contributed by atoms with Crippen LogP contribution in [0.3, 0.4) is 0 Å². The molecule has 0 aromatic carbocycles. The van der Waals surface area contributed by atoms with E-state index < -0.39 is 0 Å². The van der Waals surface area contributed by atoms with Gasteiger partial charge in [0, 0.05) is 36.9 Å². The first-order chi connectivity index (χ1) is 10.1. The average molecular weight is 365 g/mol. The molecule has 3 heterocycles. The van der Waals surface area contributed by atoms with Crippen molar-refractivity contribution >= 4 is 30.7 Å². The summed E-state index contributed by atoms with van der Waals surface area (Å²) in [5.74, 6) is 0.996. The van der Waals surface area contributed by atoms with Crippen LogP contribution in [0.2, 0.25) is 0 Å². The Morgan fingerprint density at radius 3 is 2.91 bits per heavy atom. The Morgan fingerprint density at radius 1 is 1.48 bits per heavy atom.